The molecular formula is C16H25N3O. The van der Waals surface area contributed by atoms with Crippen LogP contribution in [-0.4, -0.2) is 29.0 Å². The molecule has 1 aliphatic rings. The molecule has 0 fully saturated rings. The minimum absolute atomic E-state index is 0.0642. The average Bonchev–Trinajstić information content (AvgIpc) is 2.92. The van der Waals surface area contributed by atoms with Gasteiger partial charge in [0.15, 0.2) is 0 Å². The van der Waals surface area contributed by atoms with Crippen molar-refractivity contribution < 1.29 is 5.21 Å². The fraction of sp³-hybridized carbons (Fsp3) is 0.562. The largest absolute Gasteiger partial charge is 0.409 e. The van der Waals surface area contributed by atoms with Gasteiger partial charge in [-0.1, -0.05) is 37.2 Å². The third kappa shape index (κ3) is 3.51. The van der Waals surface area contributed by atoms with Crippen LogP contribution in [0.15, 0.2) is 23.4 Å². The SMILES string of the molecule is CCN(Cc1ccc2c(c1)CCC2)CC(C)C(N)=NO. The van der Waals surface area contributed by atoms with Crippen molar-refractivity contribution in [2.24, 2.45) is 16.8 Å². The van der Waals surface area contributed by atoms with E-state index in [0.29, 0.717) is 5.84 Å². The van der Waals surface area contributed by atoms with Crippen LogP contribution in [0.25, 0.3) is 0 Å². The highest BCUT2D eigenvalue weighted by molar-refractivity contribution is 5.82. The molecule has 4 nitrogen and oxygen atoms in total. The first-order valence-corrected chi connectivity index (χ1v) is 7.44. The number of hydrogen-bond acceptors (Lipinski definition) is 3. The van der Waals surface area contributed by atoms with Crippen molar-refractivity contribution in [3.63, 3.8) is 0 Å². The molecule has 0 saturated carbocycles. The number of nitrogens with zero attached hydrogens (tertiary/aromatic N) is 2. The molecule has 1 aromatic carbocycles. The molecule has 1 aromatic rings. The normalized spacial score (nSPS) is 16.4. The van der Waals surface area contributed by atoms with E-state index in [0.717, 1.165) is 19.6 Å². The topological polar surface area (TPSA) is 61.8 Å². The minimum atomic E-state index is 0.0642. The third-order valence-corrected chi connectivity index (χ3v) is 4.17. The number of rotatable bonds is 6. The van der Waals surface area contributed by atoms with Gasteiger partial charge >= 0.3 is 0 Å². The molecule has 110 valence electrons. The summed E-state index contributed by atoms with van der Waals surface area (Å²) in [5, 5.41) is 11.8. The van der Waals surface area contributed by atoms with E-state index in [2.05, 4.69) is 35.2 Å². The van der Waals surface area contributed by atoms with Crippen LogP contribution in [-0.2, 0) is 19.4 Å². The summed E-state index contributed by atoms with van der Waals surface area (Å²) >= 11 is 0. The van der Waals surface area contributed by atoms with E-state index in [1.165, 1.54) is 36.0 Å². The van der Waals surface area contributed by atoms with Crippen molar-refractivity contribution in [1.29, 1.82) is 0 Å². The van der Waals surface area contributed by atoms with Crippen LogP contribution in [0.2, 0.25) is 0 Å². The molecule has 1 unspecified atom stereocenters. The van der Waals surface area contributed by atoms with Gasteiger partial charge in [-0.05, 0) is 42.5 Å². The monoisotopic (exact) mass is 275 g/mol. The van der Waals surface area contributed by atoms with Crippen LogP contribution < -0.4 is 5.73 Å². The first-order valence-electron chi connectivity index (χ1n) is 7.44. The van der Waals surface area contributed by atoms with Crippen molar-refractivity contribution in [2.75, 3.05) is 13.1 Å². The van der Waals surface area contributed by atoms with Crippen LogP contribution in [0.1, 0.15) is 37.0 Å². The number of nitrogens with two attached hydrogens (primary N) is 1. The van der Waals surface area contributed by atoms with Crippen molar-refractivity contribution in [3.05, 3.63) is 34.9 Å². The number of hydrogen-bond donors (Lipinski definition) is 2. The number of aryl methyl sites for hydroxylation is 2. The van der Waals surface area contributed by atoms with E-state index in [4.69, 9.17) is 10.9 Å². The second-order valence-corrected chi connectivity index (χ2v) is 5.71. The zero-order valence-electron chi connectivity index (χ0n) is 12.5. The Morgan fingerprint density at radius 2 is 2.15 bits per heavy atom. The lowest BCUT2D eigenvalue weighted by Gasteiger charge is -2.24. The Hall–Kier alpha value is -1.55. The lowest BCUT2D eigenvalue weighted by molar-refractivity contribution is 0.257. The van der Waals surface area contributed by atoms with Gasteiger partial charge < -0.3 is 10.9 Å². The molecular weight excluding hydrogens is 250 g/mol. The summed E-state index contributed by atoms with van der Waals surface area (Å²) in [5.41, 5.74) is 10.1. The maximum Gasteiger partial charge on any atom is 0.143 e. The van der Waals surface area contributed by atoms with E-state index in [1.807, 2.05) is 6.92 Å². The maximum atomic E-state index is 8.73. The first-order chi connectivity index (χ1) is 9.63. The van der Waals surface area contributed by atoms with E-state index in [-0.39, 0.29) is 5.92 Å². The van der Waals surface area contributed by atoms with Crippen LogP contribution >= 0.6 is 0 Å². The van der Waals surface area contributed by atoms with Gasteiger partial charge in [-0.25, -0.2) is 0 Å². The zero-order valence-corrected chi connectivity index (χ0v) is 12.5. The summed E-state index contributed by atoms with van der Waals surface area (Å²) in [6.07, 6.45) is 3.74. The van der Waals surface area contributed by atoms with E-state index >= 15 is 0 Å². The quantitative estimate of drug-likeness (QED) is 0.363. The Morgan fingerprint density at radius 1 is 1.40 bits per heavy atom. The summed E-state index contributed by atoms with van der Waals surface area (Å²) in [5.74, 6) is 0.367. The second-order valence-electron chi connectivity index (χ2n) is 5.71. The van der Waals surface area contributed by atoms with Crippen molar-refractivity contribution in [2.45, 2.75) is 39.7 Å². The molecule has 0 aliphatic heterocycles. The molecule has 0 bridgehead atoms. The fourth-order valence-corrected chi connectivity index (χ4v) is 2.87. The van der Waals surface area contributed by atoms with Gasteiger partial charge in [-0.2, -0.15) is 0 Å². The Balaban J connectivity index is 1.99. The number of amidine groups is 1. The van der Waals surface area contributed by atoms with Crippen LogP contribution in [0.3, 0.4) is 0 Å². The van der Waals surface area contributed by atoms with Gasteiger partial charge in [0.1, 0.15) is 5.84 Å². The molecule has 2 rings (SSSR count). The smallest absolute Gasteiger partial charge is 0.143 e. The summed E-state index contributed by atoms with van der Waals surface area (Å²) in [6.45, 7) is 6.82. The molecule has 0 spiro atoms. The molecule has 1 atom stereocenters. The van der Waals surface area contributed by atoms with Gasteiger partial charge in [-0.15, -0.1) is 0 Å². The average molecular weight is 275 g/mol. The molecule has 20 heavy (non-hydrogen) atoms. The van der Waals surface area contributed by atoms with Gasteiger partial charge in [-0.3, -0.25) is 4.90 Å². The van der Waals surface area contributed by atoms with Crippen LogP contribution in [0.5, 0.6) is 0 Å². The second kappa shape index (κ2) is 6.75. The molecule has 0 heterocycles. The van der Waals surface area contributed by atoms with E-state index in [1.54, 1.807) is 0 Å². The highest BCUT2D eigenvalue weighted by atomic mass is 16.4. The van der Waals surface area contributed by atoms with Crippen molar-refractivity contribution in [1.82, 2.24) is 4.90 Å². The van der Waals surface area contributed by atoms with Gasteiger partial charge in [0.2, 0.25) is 0 Å². The fourth-order valence-electron chi connectivity index (χ4n) is 2.87. The third-order valence-electron chi connectivity index (χ3n) is 4.17. The zero-order chi connectivity index (χ0) is 14.5. The molecule has 1 aliphatic carbocycles. The summed E-state index contributed by atoms with van der Waals surface area (Å²) in [7, 11) is 0. The summed E-state index contributed by atoms with van der Waals surface area (Å²) in [6, 6.07) is 6.86. The highest BCUT2D eigenvalue weighted by Crippen LogP contribution is 2.23. The predicted octanol–water partition coefficient (Wildman–Crippen LogP) is 2.38. The first kappa shape index (κ1) is 14.9. The number of benzene rings is 1. The Labute approximate surface area is 121 Å². The molecule has 0 radical (unpaired) electrons. The Morgan fingerprint density at radius 3 is 2.85 bits per heavy atom. The highest BCUT2D eigenvalue weighted by Gasteiger charge is 2.15. The molecule has 0 aromatic heterocycles. The van der Waals surface area contributed by atoms with E-state index in [9.17, 15) is 0 Å². The summed E-state index contributed by atoms with van der Waals surface area (Å²) in [4.78, 5) is 2.33. The van der Waals surface area contributed by atoms with Gasteiger partial charge in [0.05, 0.1) is 0 Å². The molecule has 3 N–H and O–H groups in total. The van der Waals surface area contributed by atoms with Gasteiger partial charge in [0, 0.05) is 19.0 Å². The van der Waals surface area contributed by atoms with Crippen molar-refractivity contribution >= 4 is 5.84 Å². The molecule has 0 saturated heterocycles. The van der Waals surface area contributed by atoms with E-state index < -0.39 is 0 Å². The standard InChI is InChI=1S/C16H25N3O/c1-3-19(10-12(2)16(17)18-20)11-13-7-8-14-5-4-6-15(14)9-13/h7-9,12,20H,3-6,10-11H2,1-2H3,(H2,17,18). The molecule has 0 amide bonds. The van der Waals surface area contributed by atoms with Crippen molar-refractivity contribution in [3.8, 4) is 0 Å². The number of fused-ring (bicyclic) bond motifs is 1. The van der Waals surface area contributed by atoms with Crippen LogP contribution in [0.4, 0.5) is 0 Å². The van der Waals surface area contributed by atoms with Gasteiger partial charge in [0.25, 0.3) is 0 Å². The van der Waals surface area contributed by atoms with Crippen LogP contribution in [0, 0.1) is 5.92 Å². The summed E-state index contributed by atoms with van der Waals surface area (Å²) < 4.78 is 0. The molecule has 4 heteroatoms. The lowest BCUT2D eigenvalue weighted by Crippen LogP contribution is -2.34. The minimum Gasteiger partial charge on any atom is -0.409 e. The maximum absolute atomic E-state index is 8.73. The Bertz CT molecular complexity index is 485. The number of oxime groups is 1. The lowest BCUT2D eigenvalue weighted by atomic mass is 10.1. The predicted molar refractivity (Wildman–Crippen MR) is 82.0 cm³/mol. The Kier molecular flexibility index (Phi) is 5.01.